The molecule has 4 nitrogen and oxygen atoms in total. The molecule has 0 unspecified atom stereocenters. The second-order valence-corrected chi connectivity index (χ2v) is 4.61. The molecule has 0 saturated heterocycles. The van der Waals surface area contributed by atoms with Crippen LogP contribution in [0.15, 0.2) is 24.3 Å². The van der Waals surface area contributed by atoms with Crippen LogP contribution in [0.1, 0.15) is 31.7 Å². The average molecular weight is 280 g/mol. The zero-order valence-corrected chi connectivity index (χ0v) is 12.0. The Kier molecular flexibility index (Phi) is 7.07. The molecule has 19 heavy (non-hydrogen) atoms. The lowest BCUT2D eigenvalue weighted by Crippen LogP contribution is -2.17. The first-order valence-corrected chi connectivity index (χ1v) is 6.82. The van der Waals surface area contributed by atoms with E-state index in [4.69, 9.17) is 22.7 Å². The third kappa shape index (κ3) is 5.81. The lowest BCUT2D eigenvalue weighted by Gasteiger charge is -2.09. The van der Waals surface area contributed by atoms with Gasteiger partial charge in [-0.1, -0.05) is 31.3 Å². The standard InChI is InChI=1S/C14H20N2O2S/c1-2-9-18-10-5-8-13(17)16-12-7-4-3-6-11(12)14(15)19/h3-4,6-7H,2,5,8-10H2,1H3,(H2,15,19)(H,16,17). The van der Waals surface area contributed by atoms with Crippen molar-refractivity contribution in [2.24, 2.45) is 5.73 Å². The van der Waals surface area contributed by atoms with Crippen molar-refractivity contribution in [3.8, 4) is 0 Å². The topological polar surface area (TPSA) is 64.3 Å². The average Bonchev–Trinajstić information content (AvgIpc) is 2.39. The highest BCUT2D eigenvalue weighted by atomic mass is 32.1. The molecule has 0 spiro atoms. The molecule has 0 fully saturated rings. The highest BCUT2D eigenvalue weighted by Gasteiger charge is 2.07. The number of benzene rings is 1. The summed E-state index contributed by atoms with van der Waals surface area (Å²) in [5, 5.41) is 2.82. The van der Waals surface area contributed by atoms with Gasteiger partial charge in [0.1, 0.15) is 4.99 Å². The van der Waals surface area contributed by atoms with E-state index >= 15 is 0 Å². The summed E-state index contributed by atoms with van der Waals surface area (Å²) in [6.45, 7) is 3.41. The van der Waals surface area contributed by atoms with E-state index in [1.54, 1.807) is 12.1 Å². The van der Waals surface area contributed by atoms with Crippen LogP contribution in [0.3, 0.4) is 0 Å². The SMILES string of the molecule is CCCOCCCC(=O)Nc1ccccc1C(N)=S. The van der Waals surface area contributed by atoms with Gasteiger partial charge >= 0.3 is 0 Å². The molecule has 0 aliphatic heterocycles. The Morgan fingerprint density at radius 1 is 1.37 bits per heavy atom. The van der Waals surface area contributed by atoms with Crippen molar-refractivity contribution < 1.29 is 9.53 Å². The van der Waals surface area contributed by atoms with E-state index in [-0.39, 0.29) is 10.9 Å². The van der Waals surface area contributed by atoms with Crippen LogP contribution < -0.4 is 11.1 Å². The second-order valence-electron chi connectivity index (χ2n) is 4.17. The van der Waals surface area contributed by atoms with Crippen molar-refractivity contribution >= 4 is 28.8 Å². The van der Waals surface area contributed by atoms with E-state index in [2.05, 4.69) is 12.2 Å². The van der Waals surface area contributed by atoms with Crippen molar-refractivity contribution in [1.29, 1.82) is 0 Å². The Bertz CT molecular complexity index is 435. The van der Waals surface area contributed by atoms with E-state index in [0.717, 1.165) is 13.0 Å². The molecule has 3 N–H and O–H groups in total. The summed E-state index contributed by atoms with van der Waals surface area (Å²) in [5.74, 6) is -0.0520. The van der Waals surface area contributed by atoms with Crippen molar-refractivity contribution in [3.05, 3.63) is 29.8 Å². The Balaban J connectivity index is 2.42. The van der Waals surface area contributed by atoms with Crippen LogP contribution in [0.5, 0.6) is 0 Å². The molecule has 0 saturated carbocycles. The number of amides is 1. The van der Waals surface area contributed by atoms with Crippen LogP contribution in [0.25, 0.3) is 0 Å². The molecule has 104 valence electrons. The zero-order valence-electron chi connectivity index (χ0n) is 11.1. The van der Waals surface area contributed by atoms with E-state index in [1.165, 1.54) is 0 Å². The van der Waals surface area contributed by atoms with Crippen LogP contribution >= 0.6 is 12.2 Å². The van der Waals surface area contributed by atoms with Crippen LogP contribution in [0.2, 0.25) is 0 Å². The van der Waals surface area contributed by atoms with Crippen molar-refractivity contribution in [2.75, 3.05) is 18.5 Å². The number of carbonyl (C=O) groups excluding carboxylic acids is 1. The normalized spacial score (nSPS) is 10.2. The summed E-state index contributed by atoms with van der Waals surface area (Å²) in [6, 6.07) is 7.26. The number of para-hydroxylation sites is 1. The highest BCUT2D eigenvalue weighted by molar-refractivity contribution is 7.80. The Morgan fingerprint density at radius 3 is 2.79 bits per heavy atom. The van der Waals surface area contributed by atoms with Gasteiger partial charge in [0.15, 0.2) is 0 Å². The van der Waals surface area contributed by atoms with Gasteiger partial charge in [-0.25, -0.2) is 0 Å². The first-order valence-electron chi connectivity index (χ1n) is 6.41. The molecule has 5 heteroatoms. The van der Waals surface area contributed by atoms with Gasteiger partial charge in [-0.3, -0.25) is 4.79 Å². The lowest BCUT2D eigenvalue weighted by atomic mass is 10.1. The molecule has 1 rings (SSSR count). The van der Waals surface area contributed by atoms with Crippen LogP contribution in [0, 0.1) is 0 Å². The number of hydrogen-bond donors (Lipinski definition) is 2. The molecule has 0 heterocycles. The van der Waals surface area contributed by atoms with Gasteiger partial charge < -0.3 is 15.8 Å². The number of ether oxygens (including phenoxy) is 1. The summed E-state index contributed by atoms with van der Waals surface area (Å²) in [7, 11) is 0. The highest BCUT2D eigenvalue weighted by Crippen LogP contribution is 2.15. The van der Waals surface area contributed by atoms with Gasteiger partial charge in [0, 0.05) is 25.2 Å². The molecule has 0 aliphatic carbocycles. The number of carbonyl (C=O) groups is 1. The van der Waals surface area contributed by atoms with Crippen molar-refractivity contribution in [3.63, 3.8) is 0 Å². The largest absolute Gasteiger partial charge is 0.389 e. The summed E-state index contributed by atoms with van der Waals surface area (Å²) in [4.78, 5) is 12.0. The monoisotopic (exact) mass is 280 g/mol. The third-order valence-electron chi connectivity index (χ3n) is 2.51. The minimum Gasteiger partial charge on any atom is -0.389 e. The van der Waals surface area contributed by atoms with Gasteiger partial charge in [0.25, 0.3) is 0 Å². The summed E-state index contributed by atoms with van der Waals surface area (Å²) in [5.41, 5.74) is 6.96. The molecule has 0 aromatic heterocycles. The number of rotatable bonds is 8. The second kappa shape index (κ2) is 8.61. The summed E-state index contributed by atoms with van der Waals surface area (Å²) in [6.07, 6.45) is 2.13. The van der Waals surface area contributed by atoms with Gasteiger partial charge in [-0.15, -0.1) is 0 Å². The number of nitrogens with two attached hydrogens (primary N) is 1. The summed E-state index contributed by atoms with van der Waals surface area (Å²) >= 11 is 4.94. The number of hydrogen-bond acceptors (Lipinski definition) is 3. The van der Waals surface area contributed by atoms with E-state index < -0.39 is 0 Å². The zero-order chi connectivity index (χ0) is 14.1. The number of thiocarbonyl (C=S) groups is 1. The molecule has 1 aromatic rings. The van der Waals surface area contributed by atoms with Crippen LogP contribution in [0.4, 0.5) is 5.69 Å². The maximum atomic E-state index is 11.8. The molecule has 0 atom stereocenters. The molecular weight excluding hydrogens is 260 g/mol. The molecule has 1 amide bonds. The van der Waals surface area contributed by atoms with Crippen molar-refractivity contribution in [2.45, 2.75) is 26.2 Å². The molecule has 1 aromatic carbocycles. The van der Waals surface area contributed by atoms with E-state index in [1.807, 2.05) is 12.1 Å². The fraction of sp³-hybridized carbons (Fsp3) is 0.429. The van der Waals surface area contributed by atoms with Crippen LogP contribution in [-0.2, 0) is 9.53 Å². The lowest BCUT2D eigenvalue weighted by molar-refractivity contribution is -0.116. The van der Waals surface area contributed by atoms with Gasteiger partial charge in [-0.2, -0.15) is 0 Å². The quantitative estimate of drug-likeness (QED) is 0.567. The minimum absolute atomic E-state index is 0.0520. The predicted octanol–water partition coefficient (Wildman–Crippen LogP) is 2.47. The maximum Gasteiger partial charge on any atom is 0.224 e. The first kappa shape index (κ1) is 15.6. The molecule has 0 radical (unpaired) electrons. The predicted molar refractivity (Wildman–Crippen MR) is 81.3 cm³/mol. The number of nitrogens with one attached hydrogen (secondary N) is 1. The minimum atomic E-state index is -0.0520. The molecule has 0 bridgehead atoms. The van der Waals surface area contributed by atoms with Gasteiger partial charge in [-0.05, 0) is 25.0 Å². The first-order chi connectivity index (χ1) is 9.15. The smallest absolute Gasteiger partial charge is 0.224 e. The van der Waals surface area contributed by atoms with Gasteiger partial charge in [0.05, 0.1) is 5.69 Å². The molecular formula is C14H20N2O2S. The molecule has 0 aliphatic rings. The third-order valence-corrected chi connectivity index (χ3v) is 2.73. The van der Waals surface area contributed by atoms with Gasteiger partial charge in [0.2, 0.25) is 5.91 Å². The van der Waals surface area contributed by atoms with Crippen molar-refractivity contribution in [1.82, 2.24) is 0 Å². The van der Waals surface area contributed by atoms with E-state index in [9.17, 15) is 4.79 Å². The Labute approximate surface area is 119 Å². The Morgan fingerprint density at radius 2 is 2.11 bits per heavy atom. The Hall–Kier alpha value is -1.46. The fourth-order valence-electron chi connectivity index (χ4n) is 1.60. The fourth-order valence-corrected chi connectivity index (χ4v) is 1.78. The van der Waals surface area contributed by atoms with Crippen LogP contribution in [-0.4, -0.2) is 24.1 Å². The number of anilines is 1. The van der Waals surface area contributed by atoms with E-state index in [0.29, 0.717) is 30.7 Å². The summed E-state index contributed by atoms with van der Waals surface area (Å²) < 4.78 is 5.32. The maximum absolute atomic E-state index is 11.8.